The molecule has 3 heterocycles. The lowest BCUT2D eigenvalue weighted by Crippen LogP contribution is -2.29. The van der Waals surface area contributed by atoms with Gasteiger partial charge in [0.2, 0.25) is 0 Å². The van der Waals surface area contributed by atoms with Crippen molar-refractivity contribution in [1.82, 2.24) is 9.97 Å². The molecule has 1 saturated heterocycles. The fourth-order valence-electron chi connectivity index (χ4n) is 2.71. The van der Waals surface area contributed by atoms with Crippen molar-refractivity contribution in [3.8, 4) is 0 Å². The van der Waals surface area contributed by atoms with E-state index in [1.807, 2.05) is 12.3 Å². The summed E-state index contributed by atoms with van der Waals surface area (Å²) in [6.07, 6.45) is 7.28. The number of carbonyl (C=O) groups is 1. The summed E-state index contributed by atoms with van der Waals surface area (Å²) in [7, 11) is 0. The van der Waals surface area contributed by atoms with Crippen molar-refractivity contribution >= 4 is 22.6 Å². The Morgan fingerprint density at radius 1 is 1.24 bits per heavy atom. The van der Waals surface area contributed by atoms with Crippen molar-refractivity contribution in [2.75, 3.05) is 24.6 Å². The zero-order valence-electron chi connectivity index (χ0n) is 12.2. The van der Waals surface area contributed by atoms with Gasteiger partial charge >= 0.3 is 5.97 Å². The van der Waals surface area contributed by atoms with Gasteiger partial charge in [-0.05, 0) is 38.3 Å². The first kappa shape index (κ1) is 13.8. The molecule has 0 bridgehead atoms. The first-order chi connectivity index (χ1) is 10.3. The highest BCUT2D eigenvalue weighted by Crippen LogP contribution is 2.26. The Hall–Kier alpha value is -2.17. The van der Waals surface area contributed by atoms with Crippen LogP contribution in [0.5, 0.6) is 0 Å². The number of pyridine rings is 2. The molecule has 21 heavy (non-hydrogen) atoms. The van der Waals surface area contributed by atoms with E-state index in [2.05, 4.69) is 14.9 Å². The molecule has 0 saturated carbocycles. The second kappa shape index (κ2) is 6.08. The number of aromatic nitrogens is 2. The second-order valence-corrected chi connectivity index (χ2v) is 5.20. The Kier molecular flexibility index (Phi) is 3.99. The summed E-state index contributed by atoms with van der Waals surface area (Å²) in [5, 5.41) is 0.950. The molecule has 110 valence electrons. The average molecular weight is 285 g/mol. The van der Waals surface area contributed by atoms with Gasteiger partial charge in [-0.15, -0.1) is 0 Å². The first-order valence-corrected chi connectivity index (χ1v) is 7.46. The summed E-state index contributed by atoms with van der Waals surface area (Å²) in [5.41, 5.74) is 2.20. The summed E-state index contributed by atoms with van der Waals surface area (Å²) >= 11 is 0. The lowest BCUT2D eigenvalue weighted by Gasteiger charge is -2.29. The molecule has 1 aliphatic rings. The van der Waals surface area contributed by atoms with Crippen LogP contribution in [0, 0.1) is 0 Å². The van der Waals surface area contributed by atoms with E-state index in [1.54, 1.807) is 19.2 Å². The van der Waals surface area contributed by atoms with E-state index in [4.69, 9.17) is 4.74 Å². The Bertz CT molecular complexity index is 651. The van der Waals surface area contributed by atoms with Gasteiger partial charge in [0.15, 0.2) is 0 Å². The minimum Gasteiger partial charge on any atom is -0.461 e. The molecule has 2 aromatic heterocycles. The third kappa shape index (κ3) is 2.82. The van der Waals surface area contributed by atoms with Gasteiger partial charge in [0, 0.05) is 24.7 Å². The summed E-state index contributed by atoms with van der Waals surface area (Å²) < 4.78 is 5.03. The van der Waals surface area contributed by atoms with Gasteiger partial charge < -0.3 is 9.64 Å². The highest BCUT2D eigenvalue weighted by molar-refractivity contribution is 5.95. The van der Waals surface area contributed by atoms with Crippen molar-refractivity contribution in [1.29, 1.82) is 0 Å². The SMILES string of the molecule is CCOC(=O)c1ccc2cncc(N3CCCCC3)c2n1. The molecule has 0 spiro atoms. The summed E-state index contributed by atoms with van der Waals surface area (Å²) in [4.78, 5) is 23.0. The second-order valence-electron chi connectivity index (χ2n) is 5.20. The highest BCUT2D eigenvalue weighted by Gasteiger charge is 2.16. The van der Waals surface area contributed by atoms with E-state index in [9.17, 15) is 4.79 Å². The van der Waals surface area contributed by atoms with E-state index in [-0.39, 0.29) is 5.97 Å². The van der Waals surface area contributed by atoms with Gasteiger partial charge in [-0.2, -0.15) is 0 Å². The van der Waals surface area contributed by atoms with Crippen molar-refractivity contribution in [3.05, 3.63) is 30.2 Å². The van der Waals surface area contributed by atoms with Gasteiger partial charge in [0.25, 0.3) is 0 Å². The maximum absolute atomic E-state index is 11.9. The van der Waals surface area contributed by atoms with Crippen molar-refractivity contribution < 1.29 is 9.53 Å². The Morgan fingerprint density at radius 3 is 2.81 bits per heavy atom. The molecule has 5 nitrogen and oxygen atoms in total. The van der Waals surface area contributed by atoms with Crippen molar-refractivity contribution in [2.45, 2.75) is 26.2 Å². The summed E-state index contributed by atoms with van der Waals surface area (Å²) in [5.74, 6) is -0.374. The predicted octanol–water partition coefficient (Wildman–Crippen LogP) is 2.80. The number of esters is 1. The number of carbonyl (C=O) groups excluding carboxylic acids is 1. The highest BCUT2D eigenvalue weighted by atomic mass is 16.5. The number of hydrogen-bond acceptors (Lipinski definition) is 5. The Balaban J connectivity index is 2.03. The van der Waals surface area contributed by atoms with Crippen LogP contribution >= 0.6 is 0 Å². The number of nitrogens with zero attached hydrogens (tertiary/aromatic N) is 3. The van der Waals surface area contributed by atoms with Gasteiger partial charge in [0.1, 0.15) is 5.69 Å². The van der Waals surface area contributed by atoms with E-state index >= 15 is 0 Å². The quantitative estimate of drug-likeness (QED) is 0.812. The largest absolute Gasteiger partial charge is 0.461 e. The maximum atomic E-state index is 11.9. The van der Waals surface area contributed by atoms with Crippen LogP contribution in [0.25, 0.3) is 10.9 Å². The van der Waals surface area contributed by atoms with Crippen LogP contribution in [-0.4, -0.2) is 35.6 Å². The van der Waals surface area contributed by atoms with E-state index in [0.717, 1.165) is 29.7 Å². The van der Waals surface area contributed by atoms with Crippen LogP contribution in [0.2, 0.25) is 0 Å². The predicted molar refractivity (Wildman–Crippen MR) is 81.6 cm³/mol. The van der Waals surface area contributed by atoms with Crippen LogP contribution in [0.1, 0.15) is 36.7 Å². The van der Waals surface area contributed by atoms with Crippen LogP contribution in [0.15, 0.2) is 24.5 Å². The number of hydrogen-bond donors (Lipinski definition) is 0. The third-order valence-corrected chi connectivity index (χ3v) is 3.76. The molecule has 0 aromatic carbocycles. The lowest BCUT2D eigenvalue weighted by molar-refractivity contribution is 0.0520. The van der Waals surface area contributed by atoms with Crippen molar-refractivity contribution in [2.24, 2.45) is 0 Å². The summed E-state index contributed by atoms with van der Waals surface area (Å²) in [6.45, 7) is 4.19. The van der Waals surface area contributed by atoms with Gasteiger partial charge in [0.05, 0.1) is 24.0 Å². The van der Waals surface area contributed by atoms with Crippen LogP contribution in [0.3, 0.4) is 0 Å². The monoisotopic (exact) mass is 285 g/mol. The zero-order chi connectivity index (χ0) is 14.7. The molecule has 0 amide bonds. The molecular weight excluding hydrogens is 266 g/mol. The maximum Gasteiger partial charge on any atom is 0.356 e. The number of anilines is 1. The molecule has 0 radical (unpaired) electrons. The zero-order valence-corrected chi connectivity index (χ0v) is 12.2. The average Bonchev–Trinajstić information content (AvgIpc) is 2.55. The smallest absolute Gasteiger partial charge is 0.356 e. The topological polar surface area (TPSA) is 55.3 Å². The molecule has 0 N–H and O–H groups in total. The number of fused-ring (bicyclic) bond motifs is 1. The van der Waals surface area contributed by atoms with Crippen molar-refractivity contribution in [3.63, 3.8) is 0 Å². The number of rotatable bonds is 3. The Morgan fingerprint density at radius 2 is 2.05 bits per heavy atom. The minimum absolute atomic E-state index is 0.355. The van der Waals surface area contributed by atoms with Crippen LogP contribution in [0.4, 0.5) is 5.69 Å². The van der Waals surface area contributed by atoms with E-state index < -0.39 is 0 Å². The molecular formula is C16H19N3O2. The molecule has 1 aliphatic heterocycles. The molecule has 3 rings (SSSR count). The van der Waals surface area contributed by atoms with Gasteiger partial charge in [-0.3, -0.25) is 4.98 Å². The first-order valence-electron chi connectivity index (χ1n) is 7.46. The number of ether oxygens (including phenoxy) is 1. The normalized spacial score (nSPS) is 15.2. The standard InChI is InChI=1S/C16H19N3O2/c1-2-21-16(20)13-7-6-12-10-17-11-14(15(12)18-13)19-8-4-3-5-9-19/h6-7,10-11H,2-5,8-9H2,1H3. The molecule has 0 unspecified atom stereocenters. The lowest BCUT2D eigenvalue weighted by atomic mass is 10.1. The van der Waals surface area contributed by atoms with E-state index in [1.165, 1.54) is 19.3 Å². The third-order valence-electron chi connectivity index (χ3n) is 3.76. The summed E-state index contributed by atoms with van der Waals surface area (Å²) in [6, 6.07) is 3.58. The number of piperidine rings is 1. The molecule has 1 fully saturated rings. The molecule has 0 aliphatic carbocycles. The van der Waals surface area contributed by atoms with E-state index in [0.29, 0.717) is 12.3 Å². The molecule has 0 atom stereocenters. The van der Waals surface area contributed by atoms with Gasteiger partial charge in [-0.25, -0.2) is 9.78 Å². The fraction of sp³-hybridized carbons (Fsp3) is 0.438. The Labute approximate surface area is 124 Å². The van der Waals surface area contributed by atoms with Crippen LogP contribution in [-0.2, 0) is 4.74 Å². The molecule has 5 heteroatoms. The molecule has 2 aromatic rings. The minimum atomic E-state index is -0.374. The van der Waals surface area contributed by atoms with Crippen LogP contribution < -0.4 is 4.90 Å². The fourth-order valence-corrected chi connectivity index (χ4v) is 2.71. The van der Waals surface area contributed by atoms with Gasteiger partial charge in [-0.1, -0.05) is 0 Å².